The van der Waals surface area contributed by atoms with Crippen LogP contribution in [0.25, 0.3) is 0 Å². The number of nitrogens with one attached hydrogen (secondary N) is 2. The first kappa shape index (κ1) is 10.8. The summed E-state index contributed by atoms with van der Waals surface area (Å²) in [5, 5.41) is 2.88. The van der Waals surface area contributed by atoms with Gasteiger partial charge >= 0.3 is 0 Å². The number of aromatic amines is 1. The predicted molar refractivity (Wildman–Crippen MR) is 63.2 cm³/mol. The number of aryl methyl sites for hydroxylation is 1. The van der Waals surface area contributed by atoms with Gasteiger partial charge in [-0.05, 0) is 25.1 Å². The third-order valence-corrected chi connectivity index (χ3v) is 3.19. The maximum atomic E-state index is 11.7. The average Bonchev–Trinajstić information content (AvgIpc) is 2.74. The quantitative estimate of drug-likeness (QED) is 0.863. The van der Waals surface area contributed by atoms with Gasteiger partial charge in [0.2, 0.25) is 0 Å². The summed E-state index contributed by atoms with van der Waals surface area (Å²) in [6, 6.07) is 7.69. The molecule has 0 aliphatic rings. The molecule has 0 saturated heterocycles. The standard InChI is InChI=1S/C12H12N2OS/c1-9-4-5-11(16-9)12(15)14-8-10-3-2-6-13-7-10/h2-7H,8H2,1H3,(H,14,15)/p+1. The number of rotatable bonds is 3. The molecule has 2 heterocycles. The molecule has 0 atom stereocenters. The van der Waals surface area contributed by atoms with Crippen LogP contribution in [-0.2, 0) is 6.54 Å². The van der Waals surface area contributed by atoms with Gasteiger partial charge in [0.15, 0.2) is 12.4 Å². The van der Waals surface area contributed by atoms with Crippen molar-refractivity contribution in [3.63, 3.8) is 0 Å². The third-order valence-electron chi connectivity index (χ3n) is 2.19. The second kappa shape index (κ2) is 4.90. The number of hydrogen-bond donors (Lipinski definition) is 1. The van der Waals surface area contributed by atoms with E-state index in [-0.39, 0.29) is 5.91 Å². The van der Waals surface area contributed by atoms with E-state index in [0.717, 1.165) is 15.3 Å². The zero-order chi connectivity index (χ0) is 11.4. The summed E-state index contributed by atoms with van der Waals surface area (Å²) < 4.78 is 0. The molecule has 0 aliphatic carbocycles. The van der Waals surface area contributed by atoms with Crippen molar-refractivity contribution >= 4 is 17.2 Å². The van der Waals surface area contributed by atoms with E-state index in [2.05, 4.69) is 10.3 Å². The van der Waals surface area contributed by atoms with Crippen molar-refractivity contribution in [3.8, 4) is 0 Å². The Hall–Kier alpha value is -1.68. The molecule has 0 spiro atoms. The first-order chi connectivity index (χ1) is 7.75. The fourth-order valence-corrected chi connectivity index (χ4v) is 2.15. The number of thiophene rings is 1. The summed E-state index contributed by atoms with van der Waals surface area (Å²) in [4.78, 5) is 16.6. The largest absolute Gasteiger partial charge is 0.347 e. The second-order valence-electron chi connectivity index (χ2n) is 3.50. The molecule has 3 nitrogen and oxygen atoms in total. The Morgan fingerprint density at radius 2 is 2.31 bits per heavy atom. The van der Waals surface area contributed by atoms with Crippen LogP contribution in [0.4, 0.5) is 0 Å². The molecule has 1 amide bonds. The third kappa shape index (κ3) is 2.67. The molecule has 0 fully saturated rings. The number of carbonyl (C=O) groups is 1. The molecule has 2 aromatic rings. The Labute approximate surface area is 98.2 Å². The van der Waals surface area contributed by atoms with E-state index in [1.54, 1.807) is 0 Å². The first-order valence-corrected chi connectivity index (χ1v) is 5.87. The average molecular weight is 233 g/mol. The maximum absolute atomic E-state index is 11.7. The van der Waals surface area contributed by atoms with E-state index < -0.39 is 0 Å². The zero-order valence-corrected chi connectivity index (χ0v) is 9.80. The van der Waals surface area contributed by atoms with Crippen molar-refractivity contribution in [1.29, 1.82) is 0 Å². The van der Waals surface area contributed by atoms with Crippen molar-refractivity contribution in [3.05, 3.63) is 52.0 Å². The number of pyridine rings is 1. The Morgan fingerprint density at radius 3 is 2.94 bits per heavy atom. The number of carbonyl (C=O) groups excluding carboxylic acids is 1. The molecule has 0 unspecified atom stereocenters. The zero-order valence-electron chi connectivity index (χ0n) is 8.99. The summed E-state index contributed by atoms with van der Waals surface area (Å²) in [6.45, 7) is 2.54. The van der Waals surface area contributed by atoms with Crippen molar-refractivity contribution in [2.24, 2.45) is 0 Å². The van der Waals surface area contributed by atoms with Crippen LogP contribution in [0, 0.1) is 6.92 Å². The van der Waals surface area contributed by atoms with Gasteiger partial charge in [-0.2, -0.15) is 0 Å². The van der Waals surface area contributed by atoms with Crippen molar-refractivity contribution in [1.82, 2.24) is 5.32 Å². The van der Waals surface area contributed by atoms with Gasteiger partial charge in [-0.3, -0.25) is 4.79 Å². The molecular weight excluding hydrogens is 220 g/mol. The highest BCUT2D eigenvalue weighted by Gasteiger charge is 2.07. The Bertz CT molecular complexity index is 479. The molecule has 0 aromatic carbocycles. The van der Waals surface area contributed by atoms with Gasteiger partial charge in [-0.15, -0.1) is 11.3 Å². The van der Waals surface area contributed by atoms with E-state index in [0.29, 0.717) is 6.54 Å². The molecule has 2 rings (SSSR count). The summed E-state index contributed by atoms with van der Waals surface area (Å²) in [5.41, 5.74) is 1.06. The normalized spacial score (nSPS) is 10.1. The van der Waals surface area contributed by atoms with E-state index in [4.69, 9.17) is 0 Å². The maximum Gasteiger partial charge on any atom is 0.261 e. The van der Waals surface area contributed by atoms with E-state index in [9.17, 15) is 4.79 Å². The van der Waals surface area contributed by atoms with Gasteiger partial charge in [0.1, 0.15) is 0 Å². The highest BCUT2D eigenvalue weighted by atomic mass is 32.1. The summed E-state index contributed by atoms with van der Waals surface area (Å²) >= 11 is 1.51. The van der Waals surface area contributed by atoms with Gasteiger partial charge in [-0.25, -0.2) is 4.98 Å². The lowest BCUT2D eigenvalue weighted by Crippen LogP contribution is -2.22. The van der Waals surface area contributed by atoms with E-state index in [1.807, 2.05) is 43.6 Å². The lowest BCUT2D eigenvalue weighted by molar-refractivity contribution is -0.378. The van der Waals surface area contributed by atoms with Crippen LogP contribution in [0.3, 0.4) is 0 Å². The minimum Gasteiger partial charge on any atom is -0.347 e. The topological polar surface area (TPSA) is 43.2 Å². The molecule has 4 heteroatoms. The Morgan fingerprint density at radius 1 is 1.44 bits per heavy atom. The first-order valence-electron chi connectivity index (χ1n) is 5.05. The molecule has 0 radical (unpaired) electrons. The highest BCUT2D eigenvalue weighted by Crippen LogP contribution is 2.14. The molecule has 2 aromatic heterocycles. The van der Waals surface area contributed by atoms with Crippen LogP contribution >= 0.6 is 11.3 Å². The monoisotopic (exact) mass is 233 g/mol. The fourth-order valence-electron chi connectivity index (χ4n) is 1.37. The molecule has 0 aliphatic heterocycles. The van der Waals surface area contributed by atoms with Gasteiger partial charge in [-0.1, -0.05) is 0 Å². The fraction of sp³-hybridized carbons (Fsp3) is 0.167. The van der Waals surface area contributed by atoms with E-state index in [1.165, 1.54) is 11.3 Å². The molecule has 0 saturated carbocycles. The van der Waals surface area contributed by atoms with Gasteiger partial charge in [0.25, 0.3) is 5.91 Å². The Balaban J connectivity index is 1.94. The van der Waals surface area contributed by atoms with E-state index >= 15 is 0 Å². The summed E-state index contributed by atoms with van der Waals surface area (Å²) in [5.74, 6) is -0.0121. The van der Waals surface area contributed by atoms with Crippen molar-refractivity contribution in [2.45, 2.75) is 13.5 Å². The lowest BCUT2D eigenvalue weighted by Gasteiger charge is -2.01. The Kier molecular flexibility index (Phi) is 3.31. The van der Waals surface area contributed by atoms with Crippen LogP contribution < -0.4 is 10.3 Å². The molecule has 82 valence electrons. The summed E-state index contributed by atoms with van der Waals surface area (Å²) in [7, 11) is 0. The number of aromatic nitrogens is 1. The molecule has 0 bridgehead atoms. The SMILES string of the molecule is Cc1ccc(C(=O)NCc2ccc[nH+]c2)s1. The highest BCUT2D eigenvalue weighted by molar-refractivity contribution is 7.13. The van der Waals surface area contributed by atoms with Crippen LogP contribution in [-0.4, -0.2) is 5.91 Å². The second-order valence-corrected chi connectivity index (χ2v) is 4.79. The molecule has 16 heavy (non-hydrogen) atoms. The lowest BCUT2D eigenvalue weighted by atomic mass is 10.3. The van der Waals surface area contributed by atoms with Gasteiger partial charge < -0.3 is 5.32 Å². The van der Waals surface area contributed by atoms with Crippen LogP contribution in [0.15, 0.2) is 36.7 Å². The van der Waals surface area contributed by atoms with Gasteiger partial charge in [0.05, 0.1) is 4.88 Å². The number of amides is 1. The van der Waals surface area contributed by atoms with Crippen LogP contribution in [0.2, 0.25) is 0 Å². The minimum absolute atomic E-state index is 0.0121. The predicted octanol–water partition coefficient (Wildman–Crippen LogP) is 1.80. The van der Waals surface area contributed by atoms with Crippen molar-refractivity contribution in [2.75, 3.05) is 0 Å². The van der Waals surface area contributed by atoms with Crippen molar-refractivity contribution < 1.29 is 9.78 Å². The summed E-state index contributed by atoms with van der Waals surface area (Å²) in [6.07, 6.45) is 3.72. The minimum atomic E-state index is -0.0121. The molecular formula is C12H13N2OS+. The van der Waals surface area contributed by atoms with Crippen LogP contribution in [0.5, 0.6) is 0 Å². The van der Waals surface area contributed by atoms with Gasteiger partial charge in [0, 0.05) is 23.1 Å². The number of H-pyrrole nitrogens is 1. The smallest absolute Gasteiger partial charge is 0.261 e. The number of hydrogen-bond acceptors (Lipinski definition) is 2. The van der Waals surface area contributed by atoms with Crippen LogP contribution in [0.1, 0.15) is 20.1 Å². The molecule has 2 N–H and O–H groups in total.